The SMILES string of the molecule is CC(C)CCN(CCC(C)C)c1ccc(N)c(C(=O)O)c1. The molecular formula is C17H28N2O2. The van der Waals surface area contributed by atoms with Crippen LogP contribution in [0.3, 0.4) is 0 Å². The maximum absolute atomic E-state index is 11.2. The van der Waals surface area contributed by atoms with Crippen LogP contribution in [0.25, 0.3) is 0 Å². The lowest BCUT2D eigenvalue weighted by atomic mass is 10.1. The Labute approximate surface area is 128 Å². The van der Waals surface area contributed by atoms with Gasteiger partial charge in [-0.25, -0.2) is 4.79 Å². The molecule has 4 nitrogen and oxygen atoms in total. The number of carboxylic acids is 1. The van der Waals surface area contributed by atoms with Crippen molar-refractivity contribution < 1.29 is 9.90 Å². The highest BCUT2D eigenvalue weighted by Crippen LogP contribution is 2.23. The molecule has 0 aliphatic carbocycles. The Kier molecular flexibility index (Phi) is 6.53. The molecule has 3 N–H and O–H groups in total. The highest BCUT2D eigenvalue weighted by atomic mass is 16.4. The lowest BCUT2D eigenvalue weighted by Crippen LogP contribution is -2.27. The van der Waals surface area contributed by atoms with E-state index in [0.717, 1.165) is 31.6 Å². The minimum Gasteiger partial charge on any atom is -0.478 e. The van der Waals surface area contributed by atoms with Gasteiger partial charge in [0.1, 0.15) is 0 Å². The van der Waals surface area contributed by atoms with Gasteiger partial charge < -0.3 is 15.7 Å². The number of anilines is 2. The third-order valence-corrected chi connectivity index (χ3v) is 3.59. The van der Waals surface area contributed by atoms with Crippen LogP contribution in [0.4, 0.5) is 11.4 Å². The fourth-order valence-electron chi connectivity index (χ4n) is 2.12. The van der Waals surface area contributed by atoms with Crippen LogP contribution in [-0.4, -0.2) is 24.2 Å². The number of hydrogen-bond donors (Lipinski definition) is 2. The van der Waals surface area contributed by atoms with Gasteiger partial charge in [0.15, 0.2) is 0 Å². The molecule has 1 rings (SSSR count). The van der Waals surface area contributed by atoms with Crippen molar-refractivity contribution in [1.82, 2.24) is 0 Å². The molecule has 0 radical (unpaired) electrons. The molecule has 0 fully saturated rings. The van der Waals surface area contributed by atoms with Gasteiger partial charge in [0.25, 0.3) is 0 Å². The molecule has 21 heavy (non-hydrogen) atoms. The largest absolute Gasteiger partial charge is 0.478 e. The molecule has 0 aliphatic rings. The summed E-state index contributed by atoms with van der Waals surface area (Å²) in [5.74, 6) is 0.278. The number of carboxylic acid groups (broad SMARTS) is 1. The molecule has 0 spiro atoms. The average molecular weight is 292 g/mol. The molecule has 0 aromatic heterocycles. The van der Waals surface area contributed by atoms with Crippen molar-refractivity contribution in [3.63, 3.8) is 0 Å². The van der Waals surface area contributed by atoms with Gasteiger partial charge in [0, 0.05) is 24.5 Å². The van der Waals surface area contributed by atoms with E-state index in [0.29, 0.717) is 17.5 Å². The van der Waals surface area contributed by atoms with E-state index in [1.807, 2.05) is 6.07 Å². The third-order valence-electron chi connectivity index (χ3n) is 3.59. The Hall–Kier alpha value is -1.71. The van der Waals surface area contributed by atoms with Crippen molar-refractivity contribution in [3.05, 3.63) is 23.8 Å². The van der Waals surface area contributed by atoms with Crippen LogP contribution in [-0.2, 0) is 0 Å². The molecule has 0 atom stereocenters. The zero-order valence-electron chi connectivity index (χ0n) is 13.6. The van der Waals surface area contributed by atoms with Gasteiger partial charge in [-0.1, -0.05) is 27.7 Å². The fourth-order valence-corrected chi connectivity index (χ4v) is 2.12. The average Bonchev–Trinajstić information content (AvgIpc) is 2.39. The van der Waals surface area contributed by atoms with Crippen molar-refractivity contribution in [2.45, 2.75) is 40.5 Å². The Morgan fingerprint density at radius 2 is 1.67 bits per heavy atom. The summed E-state index contributed by atoms with van der Waals surface area (Å²) in [4.78, 5) is 13.5. The predicted molar refractivity (Wildman–Crippen MR) is 88.9 cm³/mol. The van der Waals surface area contributed by atoms with E-state index < -0.39 is 5.97 Å². The molecule has 1 aromatic rings. The zero-order chi connectivity index (χ0) is 16.0. The predicted octanol–water partition coefficient (Wildman–Crippen LogP) is 3.87. The highest BCUT2D eigenvalue weighted by molar-refractivity contribution is 5.94. The molecular weight excluding hydrogens is 264 g/mol. The summed E-state index contributed by atoms with van der Waals surface area (Å²) in [5, 5.41) is 9.21. The Morgan fingerprint density at radius 3 is 2.10 bits per heavy atom. The van der Waals surface area contributed by atoms with Gasteiger partial charge in [0.05, 0.1) is 5.56 Å². The van der Waals surface area contributed by atoms with Gasteiger partial charge in [-0.3, -0.25) is 0 Å². The second-order valence-electron chi connectivity index (χ2n) is 6.43. The van der Waals surface area contributed by atoms with E-state index in [9.17, 15) is 9.90 Å². The van der Waals surface area contributed by atoms with E-state index in [1.165, 1.54) is 0 Å². The molecule has 0 saturated heterocycles. The first-order chi connectivity index (χ1) is 9.81. The maximum Gasteiger partial charge on any atom is 0.337 e. The Bertz CT molecular complexity index is 458. The van der Waals surface area contributed by atoms with Crippen molar-refractivity contribution in [2.75, 3.05) is 23.7 Å². The monoisotopic (exact) mass is 292 g/mol. The second kappa shape index (κ2) is 7.91. The number of carbonyl (C=O) groups is 1. The number of aromatic carboxylic acids is 1. The number of benzene rings is 1. The minimum absolute atomic E-state index is 0.187. The van der Waals surface area contributed by atoms with Gasteiger partial charge in [-0.15, -0.1) is 0 Å². The van der Waals surface area contributed by atoms with E-state index in [-0.39, 0.29) is 5.56 Å². The molecule has 118 valence electrons. The normalized spacial score (nSPS) is 11.1. The van der Waals surface area contributed by atoms with E-state index in [1.54, 1.807) is 12.1 Å². The summed E-state index contributed by atoms with van der Waals surface area (Å²) in [5.41, 5.74) is 7.19. The Morgan fingerprint density at radius 1 is 1.14 bits per heavy atom. The van der Waals surface area contributed by atoms with Crippen LogP contribution in [0, 0.1) is 11.8 Å². The number of hydrogen-bond acceptors (Lipinski definition) is 3. The molecule has 0 bridgehead atoms. The van der Waals surface area contributed by atoms with Crippen LogP contribution in [0.1, 0.15) is 50.9 Å². The van der Waals surface area contributed by atoms with Crippen molar-refractivity contribution in [3.8, 4) is 0 Å². The standard InChI is InChI=1S/C17H28N2O2/c1-12(2)7-9-19(10-8-13(3)4)14-5-6-16(18)15(11-14)17(20)21/h5-6,11-13H,7-10,18H2,1-4H3,(H,20,21). The van der Waals surface area contributed by atoms with E-state index >= 15 is 0 Å². The third kappa shape index (κ3) is 5.66. The molecule has 0 unspecified atom stereocenters. The van der Waals surface area contributed by atoms with Crippen molar-refractivity contribution in [1.29, 1.82) is 0 Å². The Balaban J connectivity index is 2.95. The summed E-state index contributed by atoms with van der Waals surface area (Å²) in [6.45, 7) is 10.7. The number of nitrogen functional groups attached to an aromatic ring is 1. The van der Waals surface area contributed by atoms with Crippen molar-refractivity contribution in [2.24, 2.45) is 11.8 Å². The summed E-state index contributed by atoms with van der Waals surface area (Å²) in [6, 6.07) is 5.30. The molecule has 0 amide bonds. The first-order valence-electron chi connectivity index (χ1n) is 7.69. The van der Waals surface area contributed by atoms with Crippen LogP contribution >= 0.6 is 0 Å². The first kappa shape index (κ1) is 17.3. The van der Waals surface area contributed by atoms with Crippen molar-refractivity contribution >= 4 is 17.3 Å². The summed E-state index contributed by atoms with van der Waals surface area (Å²) in [7, 11) is 0. The second-order valence-corrected chi connectivity index (χ2v) is 6.43. The highest BCUT2D eigenvalue weighted by Gasteiger charge is 2.13. The molecule has 1 aromatic carbocycles. The van der Waals surface area contributed by atoms with E-state index in [2.05, 4.69) is 32.6 Å². The minimum atomic E-state index is -0.970. The number of nitrogens with two attached hydrogens (primary N) is 1. The summed E-state index contributed by atoms with van der Waals surface area (Å²) < 4.78 is 0. The zero-order valence-corrected chi connectivity index (χ0v) is 13.6. The van der Waals surface area contributed by atoms with Gasteiger partial charge >= 0.3 is 5.97 Å². The number of nitrogens with zero attached hydrogens (tertiary/aromatic N) is 1. The first-order valence-corrected chi connectivity index (χ1v) is 7.69. The molecule has 4 heteroatoms. The topological polar surface area (TPSA) is 66.6 Å². The summed E-state index contributed by atoms with van der Waals surface area (Å²) in [6.07, 6.45) is 2.18. The van der Waals surface area contributed by atoms with Crippen LogP contribution in [0.2, 0.25) is 0 Å². The fraction of sp³-hybridized carbons (Fsp3) is 0.588. The van der Waals surface area contributed by atoms with Gasteiger partial charge in [-0.2, -0.15) is 0 Å². The quantitative estimate of drug-likeness (QED) is 0.714. The van der Waals surface area contributed by atoms with Gasteiger partial charge in [-0.05, 0) is 42.9 Å². The molecule has 0 aliphatic heterocycles. The van der Waals surface area contributed by atoms with Crippen LogP contribution < -0.4 is 10.6 Å². The van der Waals surface area contributed by atoms with Crippen LogP contribution in [0.15, 0.2) is 18.2 Å². The smallest absolute Gasteiger partial charge is 0.337 e. The number of rotatable bonds is 8. The van der Waals surface area contributed by atoms with E-state index in [4.69, 9.17) is 5.73 Å². The summed E-state index contributed by atoms with van der Waals surface area (Å²) >= 11 is 0. The van der Waals surface area contributed by atoms with Crippen LogP contribution in [0.5, 0.6) is 0 Å². The lowest BCUT2D eigenvalue weighted by Gasteiger charge is -2.27. The molecule has 0 heterocycles. The maximum atomic E-state index is 11.2. The lowest BCUT2D eigenvalue weighted by molar-refractivity contribution is 0.0698. The van der Waals surface area contributed by atoms with Gasteiger partial charge in [0.2, 0.25) is 0 Å². The molecule has 0 saturated carbocycles.